The topological polar surface area (TPSA) is 80.7 Å². The van der Waals surface area contributed by atoms with E-state index in [1.807, 2.05) is 13.8 Å². The smallest absolute Gasteiger partial charge is 0.240 e. The Labute approximate surface area is 120 Å². The maximum Gasteiger partial charge on any atom is 0.240 e. The maximum absolute atomic E-state index is 5.57. The molecule has 1 aliphatic rings. The lowest BCUT2D eigenvalue weighted by Crippen LogP contribution is -2.47. The number of rotatable bonds is 7. The quantitative estimate of drug-likeness (QED) is 0.768. The van der Waals surface area contributed by atoms with Crippen LogP contribution in [0.5, 0.6) is 0 Å². The first-order valence-corrected chi connectivity index (χ1v) is 7.31. The highest BCUT2D eigenvalue weighted by atomic mass is 16.5. The predicted molar refractivity (Wildman–Crippen MR) is 75.1 cm³/mol. The summed E-state index contributed by atoms with van der Waals surface area (Å²) in [5, 5.41) is 3.98. The summed E-state index contributed by atoms with van der Waals surface area (Å²) in [6.07, 6.45) is -0.112. The van der Waals surface area contributed by atoms with Gasteiger partial charge in [0.1, 0.15) is 6.10 Å². The minimum atomic E-state index is -0.112. The molecule has 1 unspecified atom stereocenters. The van der Waals surface area contributed by atoms with Crippen molar-refractivity contribution in [2.24, 2.45) is 5.73 Å². The van der Waals surface area contributed by atoms with E-state index in [2.05, 4.69) is 19.9 Å². The molecule has 7 nitrogen and oxygen atoms in total. The van der Waals surface area contributed by atoms with Gasteiger partial charge in [-0.05, 0) is 13.8 Å². The molecule has 0 spiro atoms. The zero-order chi connectivity index (χ0) is 14.4. The molecule has 20 heavy (non-hydrogen) atoms. The van der Waals surface area contributed by atoms with Gasteiger partial charge in [-0.2, -0.15) is 4.98 Å². The minimum absolute atomic E-state index is 0.112. The van der Waals surface area contributed by atoms with E-state index in [0.717, 1.165) is 39.3 Å². The first kappa shape index (κ1) is 15.4. The first-order valence-electron chi connectivity index (χ1n) is 7.31. The van der Waals surface area contributed by atoms with E-state index in [-0.39, 0.29) is 6.10 Å². The van der Waals surface area contributed by atoms with Crippen LogP contribution in [-0.2, 0) is 11.3 Å². The number of nitrogens with two attached hydrogens (primary N) is 1. The summed E-state index contributed by atoms with van der Waals surface area (Å²) in [4.78, 5) is 9.11. The summed E-state index contributed by atoms with van der Waals surface area (Å²) in [5.41, 5.74) is 5.57. The van der Waals surface area contributed by atoms with Crippen LogP contribution < -0.4 is 5.73 Å². The Bertz CT molecular complexity index is 390. The van der Waals surface area contributed by atoms with Gasteiger partial charge in [0.25, 0.3) is 0 Å². The van der Waals surface area contributed by atoms with E-state index in [9.17, 15) is 0 Å². The second-order valence-electron chi connectivity index (χ2n) is 5.05. The van der Waals surface area contributed by atoms with Crippen LogP contribution in [0.2, 0.25) is 0 Å². The third-order valence-electron chi connectivity index (χ3n) is 3.53. The lowest BCUT2D eigenvalue weighted by molar-refractivity contribution is 0.0683. The summed E-state index contributed by atoms with van der Waals surface area (Å²) >= 11 is 0. The fraction of sp³-hybridized carbons (Fsp3) is 0.846. The van der Waals surface area contributed by atoms with Gasteiger partial charge < -0.3 is 15.0 Å². The SMILES string of the molecule is CCOC(C)c1noc(CN2CCN(CCN)CC2)n1. The Morgan fingerprint density at radius 2 is 2.00 bits per heavy atom. The first-order chi connectivity index (χ1) is 9.72. The zero-order valence-electron chi connectivity index (χ0n) is 12.4. The number of hydrogen-bond acceptors (Lipinski definition) is 7. The normalized spacial score (nSPS) is 19.4. The highest BCUT2D eigenvalue weighted by Crippen LogP contribution is 2.14. The Hall–Kier alpha value is -1.02. The molecule has 1 aliphatic heterocycles. The highest BCUT2D eigenvalue weighted by Gasteiger charge is 2.20. The second kappa shape index (κ2) is 7.68. The number of piperazine rings is 1. The van der Waals surface area contributed by atoms with Crippen molar-refractivity contribution in [3.8, 4) is 0 Å². The predicted octanol–water partition coefficient (Wildman–Crippen LogP) is 0.243. The number of nitrogens with zero attached hydrogens (tertiary/aromatic N) is 4. The lowest BCUT2D eigenvalue weighted by atomic mass is 10.3. The van der Waals surface area contributed by atoms with E-state index in [0.29, 0.717) is 24.9 Å². The molecule has 114 valence electrons. The molecule has 1 atom stereocenters. The Morgan fingerprint density at radius 3 is 2.65 bits per heavy atom. The van der Waals surface area contributed by atoms with Crippen LogP contribution in [0.3, 0.4) is 0 Å². The molecule has 0 radical (unpaired) electrons. The summed E-state index contributed by atoms with van der Waals surface area (Å²) in [6.45, 7) is 11.1. The van der Waals surface area contributed by atoms with Crippen LogP contribution in [0.4, 0.5) is 0 Å². The fourth-order valence-electron chi connectivity index (χ4n) is 2.37. The Kier molecular flexibility index (Phi) is 5.90. The Morgan fingerprint density at radius 1 is 1.30 bits per heavy atom. The van der Waals surface area contributed by atoms with Crippen LogP contribution >= 0.6 is 0 Å². The van der Waals surface area contributed by atoms with Gasteiger partial charge in [0.15, 0.2) is 5.82 Å². The van der Waals surface area contributed by atoms with Gasteiger partial charge in [0, 0.05) is 45.9 Å². The molecule has 0 amide bonds. The molecule has 1 fully saturated rings. The van der Waals surface area contributed by atoms with Gasteiger partial charge in [-0.3, -0.25) is 9.80 Å². The average Bonchev–Trinajstić information content (AvgIpc) is 2.90. The molecule has 7 heteroatoms. The summed E-state index contributed by atoms with van der Waals surface area (Å²) < 4.78 is 10.7. The fourth-order valence-corrected chi connectivity index (χ4v) is 2.37. The summed E-state index contributed by atoms with van der Waals surface area (Å²) in [6, 6.07) is 0. The van der Waals surface area contributed by atoms with Crippen molar-refractivity contribution in [1.29, 1.82) is 0 Å². The lowest BCUT2D eigenvalue weighted by Gasteiger charge is -2.33. The Balaban J connectivity index is 1.79. The molecule has 2 rings (SSSR count). The van der Waals surface area contributed by atoms with Crippen LogP contribution in [0, 0.1) is 0 Å². The van der Waals surface area contributed by atoms with Gasteiger partial charge >= 0.3 is 0 Å². The second-order valence-corrected chi connectivity index (χ2v) is 5.05. The largest absolute Gasteiger partial charge is 0.371 e. The molecule has 0 aliphatic carbocycles. The van der Waals surface area contributed by atoms with Crippen LogP contribution in [-0.4, -0.2) is 65.8 Å². The van der Waals surface area contributed by atoms with Crippen LogP contribution in [0.1, 0.15) is 31.7 Å². The van der Waals surface area contributed by atoms with Gasteiger partial charge in [0.05, 0.1) is 6.54 Å². The highest BCUT2D eigenvalue weighted by molar-refractivity contribution is 4.90. The van der Waals surface area contributed by atoms with Crippen molar-refractivity contribution in [3.05, 3.63) is 11.7 Å². The number of ether oxygens (including phenoxy) is 1. The molecular formula is C13H25N5O2. The number of aromatic nitrogens is 2. The molecule has 1 saturated heterocycles. The van der Waals surface area contributed by atoms with Crippen molar-refractivity contribution in [2.45, 2.75) is 26.5 Å². The molecule has 1 aromatic rings. The molecule has 2 heterocycles. The van der Waals surface area contributed by atoms with Crippen molar-refractivity contribution in [3.63, 3.8) is 0 Å². The van der Waals surface area contributed by atoms with Gasteiger partial charge in [-0.1, -0.05) is 5.16 Å². The molecule has 0 bridgehead atoms. The standard InChI is InChI=1S/C13H25N5O2/c1-3-19-11(2)13-15-12(20-16-13)10-18-8-6-17(5-4-14)7-9-18/h11H,3-10,14H2,1-2H3. The molecule has 1 aromatic heterocycles. The minimum Gasteiger partial charge on any atom is -0.371 e. The third-order valence-corrected chi connectivity index (χ3v) is 3.53. The van der Waals surface area contributed by atoms with Gasteiger partial charge in [0.2, 0.25) is 5.89 Å². The van der Waals surface area contributed by atoms with Gasteiger partial charge in [-0.15, -0.1) is 0 Å². The number of hydrogen-bond donors (Lipinski definition) is 1. The van der Waals surface area contributed by atoms with Crippen molar-refractivity contribution in [1.82, 2.24) is 19.9 Å². The summed E-state index contributed by atoms with van der Waals surface area (Å²) in [5.74, 6) is 1.29. The van der Waals surface area contributed by atoms with Crippen LogP contribution in [0.15, 0.2) is 4.52 Å². The van der Waals surface area contributed by atoms with E-state index >= 15 is 0 Å². The zero-order valence-corrected chi connectivity index (χ0v) is 12.4. The molecule has 0 aromatic carbocycles. The molecule has 0 saturated carbocycles. The van der Waals surface area contributed by atoms with E-state index in [1.165, 1.54) is 0 Å². The maximum atomic E-state index is 5.57. The van der Waals surface area contributed by atoms with E-state index < -0.39 is 0 Å². The molecular weight excluding hydrogens is 258 g/mol. The van der Waals surface area contributed by atoms with Crippen molar-refractivity contribution >= 4 is 0 Å². The average molecular weight is 283 g/mol. The van der Waals surface area contributed by atoms with E-state index in [1.54, 1.807) is 0 Å². The summed E-state index contributed by atoms with van der Waals surface area (Å²) in [7, 11) is 0. The van der Waals surface area contributed by atoms with Crippen molar-refractivity contribution in [2.75, 3.05) is 45.9 Å². The van der Waals surface area contributed by atoms with Crippen molar-refractivity contribution < 1.29 is 9.26 Å². The third kappa shape index (κ3) is 4.24. The van der Waals surface area contributed by atoms with Crippen LogP contribution in [0.25, 0.3) is 0 Å². The monoisotopic (exact) mass is 283 g/mol. The van der Waals surface area contributed by atoms with E-state index in [4.69, 9.17) is 15.0 Å². The molecule has 2 N–H and O–H groups in total. The van der Waals surface area contributed by atoms with Gasteiger partial charge in [-0.25, -0.2) is 0 Å².